The van der Waals surface area contributed by atoms with E-state index in [1.165, 1.54) is 77.6 Å². The first-order valence-electron chi connectivity index (χ1n) is 21.2. The third-order valence-corrected chi connectivity index (χ3v) is 12.6. The van der Waals surface area contributed by atoms with Gasteiger partial charge in [0, 0.05) is 38.9 Å². The zero-order chi connectivity index (χ0) is 40.9. The van der Waals surface area contributed by atoms with Crippen molar-refractivity contribution >= 4 is 50.0 Å². The molecular formula is C59H44N2. The van der Waals surface area contributed by atoms with Crippen molar-refractivity contribution in [2.45, 2.75) is 19.3 Å². The van der Waals surface area contributed by atoms with E-state index in [9.17, 15) is 0 Å². The van der Waals surface area contributed by atoms with Gasteiger partial charge in [-0.25, -0.2) is 0 Å². The molecule has 0 fully saturated rings. The van der Waals surface area contributed by atoms with Crippen LogP contribution in [0.3, 0.4) is 0 Å². The minimum Gasteiger partial charge on any atom is -0.311 e. The summed E-state index contributed by atoms with van der Waals surface area (Å²) in [5, 5.41) is 2.57. The number of benzene rings is 9. The topological polar surface area (TPSA) is 8.17 Å². The fraction of sp³-hybridized carbons (Fsp3) is 0.0508. The van der Waals surface area contributed by atoms with Gasteiger partial charge in [-0.3, -0.25) is 0 Å². The second-order valence-electron chi connectivity index (χ2n) is 16.5. The summed E-state index contributed by atoms with van der Waals surface area (Å²) < 4.78 is 2.49. The van der Waals surface area contributed by atoms with Crippen molar-refractivity contribution in [2.75, 3.05) is 4.90 Å². The van der Waals surface area contributed by atoms with Gasteiger partial charge in [0.15, 0.2) is 0 Å². The van der Waals surface area contributed by atoms with Crippen molar-refractivity contribution in [2.24, 2.45) is 0 Å². The number of anilines is 3. The lowest BCUT2D eigenvalue weighted by atomic mass is 9.79. The molecule has 0 unspecified atom stereocenters. The Kier molecular flexibility index (Phi) is 8.86. The first-order chi connectivity index (χ1) is 30.1. The lowest BCUT2D eigenvalue weighted by Gasteiger charge is -2.26. The molecule has 0 aliphatic heterocycles. The van der Waals surface area contributed by atoms with E-state index >= 15 is 0 Å². The molecular weight excluding hydrogens is 737 g/mol. The van der Waals surface area contributed by atoms with Crippen molar-refractivity contribution in [3.8, 4) is 16.8 Å². The standard InChI is InChI=1S/C59H44N2/c1-59(2)53-40-44(34-37-49(53)51-38-39-52-50-30-18-19-31-54(50)61(58(52)57(51)59)47-28-16-7-17-29-47)56(42-22-10-4-11-23-42)55(41-20-8-3-9-21-41)43-32-35-48(36-33-43)60(45-24-12-5-13-25-45)46-26-14-6-15-27-46/h3-40H,1-2H3/b56-55+. The molecule has 0 atom stereocenters. The largest absolute Gasteiger partial charge is 0.311 e. The maximum Gasteiger partial charge on any atom is 0.0588 e. The highest BCUT2D eigenvalue weighted by Crippen LogP contribution is 2.54. The smallest absolute Gasteiger partial charge is 0.0588 e. The SMILES string of the molecule is CC1(C)c2cc(/C(=C(\c3ccccc3)c3ccc(N(c4ccccc4)c4ccccc4)cc3)c3ccccc3)ccc2-c2ccc3c4ccccc4n(-c4ccccc4)c3c21. The molecule has 61 heavy (non-hydrogen) atoms. The van der Waals surface area contributed by atoms with E-state index in [2.05, 4.69) is 254 Å². The Balaban J connectivity index is 1.12. The monoisotopic (exact) mass is 780 g/mol. The predicted molar refractivity (Wildman–Crippen MR) is 257 cm³/mol. The van der Waals surface area contributed by atoms with Crippen LogP contribution in [0.4, 0.5) is 17.1 Å². The van der Waals surface area contributed by atoms with Crippen LogP contribution < -0.4 is 4.90 Å². The van der Waals surface area contributed by atoms with Crippen molar-refractivity contribution in [1.82, 2.24) is 4.57 Å². The Labute approximate surface area is 358 Å². The zero-order valence-electron chi connectivity index (χ0n) is 34.3. The van der Waals surface area contributed by atoms with Crippen LogP contribution >= 0.6 is 0 Å². The Morgan fingerprint density at radius 2 is 0.852 bits per heavy atom. The fourth-order valence-corrected chi connectivity index (χ4v) is 9.85. The number of nitrogens with zero attached hydrogens (tertiary/aromatic N) is 2. The highest BCUT2D eigenvalue weighted by molar-refractivity contribution is 6.13. The molecule has 0 radical (unpaired) electrons. The fourth-order valence-electron chi connectivity index (χ4n) is 9.85. The zero-order valence-corrected chi connectivity index (χ0v) is 34.3. The predicted octanol–water partition coefficient (Wildman–Crippen LogP) is 15.6. The van der Waals surface area contributed by atoms with E-state index in [4.69, 9.17) is 0 Å². The summed E-state index contributed by atoms with van der Waals surface area (Å²) in [5.41, 5.74) is 19.2. The van der Waals surface area contributed by atoms with Crippen molar-refractivity contribution in [3.63, 3.8) is 0 Å². The van der Waals surface area contributed by atoms with Crippen LogP contribution in [-0.4, -0.2) is 4.57 Å². The van der Waals surface area contributed by atoms with Gasteiger partial charge in [-0.05, 0) is 116 Å². The maximum atomic E-state index is 2.49. The van der Waals surface area contributed by atoms with Gasteiger partial charge >= 0.3 is 0 Å². The number of hydrogen-bond donors (Lipinski definition) is 0. The van der Waals surface area contributed by atoms with Crippen LogP contribution in [0, 0.1) is 0 Å². The van der Waals surface area contributed by atoms with Crippen molar-refractivity contribution in [3.05, 3.63) is 264 Å². The van der Waals surface area contributed by atoms with Gasteiger partial charge < -0.3 is 9.47 Å². The summed E-state index contributed by atoms with van der Waals surface area (Å²) in [5.74, 6) is 0. The minimum atomic E-state index is -0.282. The number of aromatic nitrogens is 1. The lowest BCUT2D eigenvalue weighted by molar-refractivity contribution is 0.663. The average Bonchev–Trinajstić information content (AvgIpc) is 3.78. The van der Waals surface area contributed by atoms with E-state index in [1.807, 2.05) is 0 Å². The molecule has 1 aromatic heterocycles. The summed E-state index contributed by atoms with van der Waals surface area (Å²) in [7, 11) is 0. The number of para-hydroxylation sites is 4. The molecule has 0 N–H and O–H groups in total. The first kappa shape index (κ1) is 36.4. The van der Waals surface area contributed by atoms with Crippen LogP contribution in [0.1, 0.15) is 47.2 Å². The van der Waals surface area contributed by atoms with Crippen LogP contribution in [0.15, 0.2) is 231 Å². The molecule has 9 aromatic carbocycles. The van der Waals surface area contributed by atoms with Gasteiger partial charge in [-0.1, -0.05) is 184 Å². The van der Waals surface area contributed by atoms with Crippen LogP contribution in [0.2, 0.25) is 0 Å². The van der Waals surface area contributed by atoms with Gasteiger partial charge in [0.05, 0.1) is 11.0 Å². The molecule has 290 valence electrons. The average molecular weight is 781 g/mol. The number of fused-ring (bicyclic) bond motifs is 7. The maximum absolute atomic E-state index is 2.49. The summed E-state index contributed by atoms with van der Waals surface area (Å²) in [6.45, 7) is 4.84. The molecule has 11 rings (SSSR count). The molecule has 1 heterocycles. The van der Waals surface area contributed by atoms with E-state index in [1.54, 1.807) is 0 Å². The van der Waals surface area contributed by atoms with E-state index in [-0.39, 0.29) is 5.41 Å². The molecule has 1 aliphatic carbocycles. The summed E-state index contributed by atoms with van der Waals surface area (Å²) in [6.07, 6.45) is 0. The van der Waals surface area contributed by atoms with E-state index in [0.717, 1.165) is 22.6 Å². The Morgan fingerprint density at radius 1 is 0.393 bits per heavy atom. The van der Waals surface area contributed by atoms with Crippen molar-refractivity contribution in [1.29, 1.82) is 0 Å². The summed E-state index contributed by atoms with van der Waals surface area (Å²) in [6, 6.07) is 83.8. The molecule has 0 saturated heterocycles. The second-order valence-corrected chi connectivity index (χ2v) is 16.5. The van der Waals surface area contributed by atoms with E-state index < -0.39 is 0 Å². The summed E-state index contributed by atoms with van der Waals surface area (Å²) >= 11 is 0. The second kappa shape index (κ2) is 14.9. The van der Waals surface area contributed by atoms with Gasteiger partial charge in [0.25, 0.3) is 0 Å². The van der Waals surface area contributed by atoms with Crippen molar-refractivity contribution < 1.29 is 0 Å². The molecule has 1 aliphatic rings. The highest BCUT2D eigenvalue weighted by atomic mass is 15.1. The Hall–Kier alpha value is -7.68. The number of rotatable bonds is 8. The summed E-state index contributed by atoms with van der Waals surface area (Å²) in [4.78, 5) is 2.32. The third kappa shape index (κ3) is 6.10. The normalized spacial score (nSPS) is 13.1. The quantitative estimate of drug-likeness (QED) is 0.139. The Bertz CT molecular complexity index is 3180. The molecule has 2 nitrogen and oxygen atoms in total. The van der Waals surface area contributed by atoms with Gasteiger partial charge in [0.1, 0.15) is 0 Å². The third-order valence-electron chi connectivity index (χ3n) is 12.6. The highest BCUT2D eigenvalue weighted by Gasteiger charge is 2.39. The first-order valence-corrected chi connectivity index (χ1v) is 21.2. The number of hydrogen-bond acceptors (Lipinski definition) is 1. The van der Waals surface area contributed by atoms with Crippen LogP contribution in [-0.2, 0) is 5.41 Å². The Morgan fingerprint density at radius 3 is 1.46 bits per heavy atom. The van der Waals surface area contributed by atoms with Gasteiger partial charge in [0.2, 0.25) is 0 Å². The molecule has 0 amide bonds. The lowest BCUT2D eigenvalue weighted by Crippen LogP contribution is -2.17. The molecule has 0 spiro atoms. The van der Waals surface area contributed by atoms with Gasteiger partial charge in [-0.2, -0.15) is 0 Å². The van der Waals surface area contributed by atoms with Crippen LogP contribution in [0.5, 0.6) is 0 Å². The minimum absolute atomic E-state index is 0.282. The van der Waals surface area contributed by atoms with E-state index in [0.29, 0.717) is 0 Å². The molecule has 0 bridgehead atoms. The molecule has 0 saturated carbocycles. The van der Waals surface area contributed by atoms with Crippen LogP contribution in [0.25, 0.3) is 49.8 Å². The molecule has 10 aromatic rings. The molecule has 2 heteroatoms. The van der Waals surface area contributed by atoms with Gasteiger partial charge in [-0.15, -0.1) is 0 Å².